The molecule has 0 aliphatic heterocycles. The zero-order valence-corrected chi connectivity index (χ0v) is 15.8. The molecule has 4 rings (SSSR count). The van der Waals surface area contributed by atoms with E-state index in [4.69, 9.17) is 0 Å². The van der Waals surface area contributed by atoms with Crippen LogP contribution in [0.2, 0.25) is 0 Å². The van der Waals surface area contributed by atoms with Crippen molar-refractivity contribution in [2.24, 2.45) is 28.6 Å². The van der Waals surface area contributed by atoms with Gasteiger partial charge in [-0.25, -0.2) is 0 Å². The first-order valence-corrected chi connectivity index (χ1v) is 10.2. The number of fused-ring (bicyclic) bond motifs is 5. The molecule has 0 aromatic rings. The van der Waals surface area contributed by atoms with Gasteiger partial charge in [0.2, 0.25) is 0 Å². The van der Waals surface area contributed by atoms with Crippen LogP contribution in [0.15, 0.2) is 24.3 Å². The lowest BCUT2D eigenvalue weighted by molar-refractivity contribution is -0.142. The Kier molecular flexibility index (Phi) is 4.05. The number of hydrogen-bond acceptors (Lipinski definition) is 3. The topological polar surface area (TPSA) is 49.3 Å². The number of carbonyl (C=O) groups excluding carboxylic acids is 1. The Morgan fingerprint density at radius 1 is 1.20 bits per heavy atom. The fraction of sp³-hybridized carbons (Fsp3) is 0.773. The Morgan fingerprint density at radius 2 is 1.96 bits per heavy atom. The molecule has 4 aliphatic carbocycles. The van der Waals surface area contributed by atoms with E-state index in [1.165, 1.54) is 18.4 Å². The van der Waals surface area contributed by atoms with Gasteiger partial charge in [0.15, 0.2) is 5.78 Å². The van der Waals surface area contributed by atoms with E-state index in [0.717, 1.165) is 38.5 Å². The van der Waals surface area contributed by atoms with Crippen LogP contribution in [-0.2, 0) is 4.79 Å². The summed E-state index contributed by atoms with van der Waals surface area (Å²) in [6.45, 7) is 9.20. The van der Waals surface area contributed by atoms with Crippen LogP contribution in [0.5, 0.6) is 0 Å². The normalized spacial score (nSPS) is 49.0. The number of nitrogens with one attached hydrogen (secondary N) is 1. The second kappa shape index (κ2) is 5.79. The summed E-state index contributed by atoms with van der Waals surface area (Å²) in [6.07, 6.45) is 12.1. The van der Waals surface area contributed by atoms with Crippen molar-refractivity contribution < 1.29 is 9.90 Å². The number of rotatable bonds is 3. The molecule has 0 unspecified atom stereocenters. The molecule has 138 valence electrons. The van der Waals surface area contributed by atoms with Gasteiger partial charge in [-0.1, -0.05) is 25.5 Å². The third-order valence-corrected chi connectivity index (χ3v) is 8.65. The molecule has 0 spiro atoms. The molecule has 3 heteroatoms. The van der Waals surface area contributed by atoms with Crippen LogP contribution >= 0.6 is 0 Å². The molecule has 25 heavy (non-hydrogen) atoms. The minimum absolute atomic E-state index is 0.0424. The Labute approximate surface area is 152 Å². The standard InChI is InChI=1S/C22H33NO2/c1-4-13-23-22(25)12-9-19-17-6-5-15-14-16(24)7-10-20(15,2)18(17)8-11-21(19,22)3/h4,14,17-19,23,25H,1,5-13H2,2-3H3/t17-,18+,19+,20+,21+,22+/m1/s1. The van der Waals surface area contributed by atoms with Crippen LogP contribution in [0.4, 0.5) is 0 Å². The smallest absolute Gasteiger partial charge is 0.155 e. The summed E-state index contributed by atoms with van der Waals surface area (Å²) in [7, 11) is 0. The zero-order chi connectivity index (χ0) is 17.9. The number of carbonyl (C=O) groups is 1. The van der Waals surface area contributed by atoms with Gasteiger partial charge in [0.1, 0.15) is 5.72 Å². The van der Waals surface area contributed by atoms with Crippen molar-refractivity contribution in [3.05, 3.63) is 24.3 Å². The lowest BCUT2D eigenvalue weighted by Crippen LogP contribution is -2.60. The van der Waals surface area contributed by atoms with E-state index in [1.807, 2.05) is 12.2 Å². The van der Waals surface area contributed by atoms with Crippen molar-refractivity contribution in [2.45, 2.75) is 70.9 Å². The number of hydrogen-bond donors (Lipinski definition) is 2. The average Bonchev–Trinajstić information content (AvgIpc) is 2.85. The summed E-state index contributed by atoms with van der Waals surface area (Å²) < 4.78 is 0. The predicted molar refractivity (Wildman–Crippen MR) is 99.9 cm³/mol. The monoisotopic (exact) mass is 343 g/mol. The molecule has 0 amide bonds. The minimum atomic E-state index is -0.754. The van der Waals surface area contributed by atoms with Crippen molar-refractivity contribution in [2.75, 3.05) is 6.54 Å². The fourth-order valence-electron chi connectivity index (χ4n) is 7.11. The quantitative estimate of drug-likeness (QED) is 0.602. The van der Waals surface area contributed by atoms with Gasteiger partial charge in [-0.3, -0.25) is 10.1 Å². The molecule has 3 fully saturated rings. The number of ketones is 1. The SMILES string of the molecule is C=CCN[C@]1(O)CC[C@H]2[C@@H]3CCC4=CC(=O)CC[C@]4(C)[C@H]3CC[C@@]21C. The van der Waals surface area contributed by atoms with Gasteiger partial charge >= 0.3 is 0 Å². The van der Waals surface area contributed by atoms with Crippen molar-refractivity contribution in [1.29, 1.82) is 0 Å². The largest absolute Gasteiger partial charge is 0.375 e. The molecule has 0 saturated heterocycles. The molecule has 0 bridgehead atoms. The predicted octanol–water partition coefficient (Wildman–Crippen LogP) is 3.98. The van der Waals surface area contributed by atoms with Crippen molar-refractivity contribution >= 4 is 5.78 Å². The number of allylic oxidation sites excluding steroid dienone is 1. The van der Waals surface area contributed by atoms with Gasteiger partial charge in [0, 0.05) is 18.4 Å². The van der Waals surface area contributed by atoms with Crippen LogP contribution in [0.25, 0.3) is 0 Å². The van der Waals surface area contributed by atoms with Gasteiger partial charge in [-0.05, 0) is 74.2 Å². The molecular formula is C22H33NO2. The van der Waals surface area contributed by atoms with Crippen LogP contribution in [0, 0.1) is 28.6 Å². The van der Waals surface area contributed by atoms with E-state index >= 15 is 0 Å². The highest BCUT2D eigenvalue weighted by atomic mass is 16.3. The van der Waals surface area contributed by atoms with E-state index in [9.17, 15) is 9.90 Å². The summed E-state index contributed by atoms with van der Waals surface area (Å²) in [5.41, 5.74) is 0.842. The van der Waals surface area contributed by atoms with E-state index in [-0.39, 0.29) is 10.8 Å². The van der Waals surface area contributed by atoms with Gasteiger partial charge < -0.3 is 5.11 Å². The lowest BCUT2D eigenvalue weighted by Gasteiger charge is -2.59. The maximum atomic E-state index is 11.9. The Bertz CT molecular complexity index is 626. The third kappa shape index (κ3) is 2.35. The lowest BCUT2D eigenvalue weighted by atomic mass is 9.47. The van der Waals surface area contributed by atoms with Crippen molar-refractivity contribution in [3.63, 3.8) is 0 Å². The molecule has 4 aliphatic rings. The molecule has 2 N–H and O–H groups in total. The molecule has 0 radical (unpaired) electrons. The Balaban J connectivity index is 1.63. The van der Waals surface area contributed by atoms with Crippen LogP contribution in [0.3, 0.4) is 0 Å². The van der Waals surface area contributed by atoms with E-state index in [0.29, 0.717) is 30.1 Å². The Morgan fingerprint density at radius 3 is 2.72 bits per heavy atom. The molecule has 3 nitrogen and oxygen atoms in total. The summed E-state index contributed by atoms with van der Waals surface area (Å²) in [4.78, 5) is 11.9. The summed E-state index contributed by atoms with van der Waals surface area (Å²) in [5, 5.41) is 14.8. The van der Waals surface area contributed by atoms with Crippen LogP contribution in [0.1, 0.15) is 65.2 Å². The summed E-state index contributed by atoms with van der Waals surface area (Å²) >= 11 is 0. The highest BCUT2D eigenvalue weighted by molar-refractivity contribution is 5.91. The fourth-order valence-corrected chi connectivity index (χ4v) is 7.11. The van der Waals surface area contributed by atoms with Gasteiger partial charge in [0.05, 0.1) is 0 Å². The Hall–Kier alpha value is -0.930. The summed E-state index contributed by atoms with van der Waals surface area (Å²) in [5.74, 6) is 2.29. The highest BCUT2D eigenvalue weighted by Crippen LogP contribution is 2.66. The molecular weight excluding hydrogens is 310 g/mol. The van der Waals surface area contributed by atoms with Gasteiger partial charge in [-0.15, -0.1) is 6.58 Å². The maximum Gasteiger partial charge on any atom is 0.155 e. The van der Waals surface area contributed by atoms with Crippen molar-refractivity contribution in [3.8, 4) is 0 Å². The van der Waals surface area contributed by atoms with Crippen molar-refractivity contribution in [1.82, 2.24) is 5.32 Å². The van der Waals surface area contributed by atoms with Gasteiger partial charge in [-0.2, -0.15) is 0 Å². The second-order valence-electron chi connectivity index (χ2n) is 9.49. The molecule has 0 aromatic heterocycles. The van der Waals surface area contributed by atoms with Crippen LogP contribution in [-0.4, -0.2) is 23.2 Å². The van der Waals surface area contributed by atoms with E-state index < -0.39 is 5.72 Å². The molecule has 0 aromatic carbocycles. The van der Waals surface area contributed by atoms with Crippen LogP contribution < -0.4 is 5.32 Å². The highest BCUT2D eigenvalue weighted by Gasteiger charge is 2.63. The second-order valence-corrected chi connectivity index (χ2v) is 9.49. The number of aliphatic hydroxyl groups is 1. The zero-order valence-electron chi connectivity index (χ0n) is 15.8. The van der Waals surface area contributed by atoms with Gasteiger partial charge in [0.25, 0.3) is 0 Å². The summed E-state index contributed by atoms with van der Waals surface area (Å²) in [6, 6.07) is 0. The molecule has 3 saturated carbocycles. The van der Waals surface area contributed by atoms with E-state index in [1.54, 1.807) is 0 Å². The average molecular weight is 344 g/mol. The molecule has 0 heterocycles. The first-order valence-electron chi connectivity index (χ1n) is 10.2. The molecule has 6 atom stereocenters. The first-order chi connectivity index (χ1) is 11.8. The van der Waals surface area contributed by atoms with E-state index in [2.05, 4.69) is 25.7 Å². The first kappa shape index (κ1) is 17.5. The third-order valence-electron chi connectivity index (χ3n) is 8.65. The maximum absolute atomic E-state index is 11.9. The minimum Gasteiger partial charge on any atom is -0.375 e.